The van der Waals surface area contributed by atoms with Gasteiger partial charge in [0.1, 0.15) is 5.58 Å². The van der Waals surface area contributed by atoms with E-state index >= 15 is 0 Å². The summed E-state index contributed by atoms with van der Waals surface area (Å²) in [5.41, 5.74) is 5.01. The molecule has 58 heavy (non-hydrogen) atoms. The fourth-order valence-corrected chi connectivity index (χ4v) is 7.66. The smallest absolute Gasteiger partial charge is 0.128 e. The van der Waals surface area contributed by atoms with Crippen molar-refractivity contribution in [3.63, 3.8) is 0 Å². The number of rotatable bonds is 5. The van der Waals surface area contributed by atoms with Crippen LogP contribution >= 0.6 is 0 Å². The van der Waals surface area contributed by atoms with E-state index in [1.807, 2.05) is 42.5 Å². The van der Waals surface area contributed by atoms with Crippen LogP contribution in [-0.4, -0.2) is 9.97 Å². The van der Waals surface area contributed by atoms with E-state index in [1.165, 1.54) is 36.7 Å². The number of pyridine rings is 2. The average Bonchev–Trinajstić information content (AvgIpc) is 3.97. The van der Waals surface area contributed by atoms with Crippen LogP contribution in [0.2, 0.25) is 0 Å². The third-order valence-electron chi connectivity index (χ3n) is 10.6. The number of nitrogens with zero attached hydrogens (tertiary/aromatic N) is 2. The van der Waals surface area contributed by atoms with Gasteiger partial charge in [-0.15, -0.1) is 53.6 Å². The van der Waals surface area contributed by atoms with Crippen LogP contribution in [0.4, 0.5) is 0 Å². The van der Waals surface area contributed by atoms with Crippen molar-refractivity contribution >= 4 is 32.7 Å². The Kier molecular flexibility index (Phi) is 6.98. The minimum absolute atomic E-state index is 0. The van der Waals surface area contributed by atoms with Gasteiger partial charge in [-0.3, -0.25) is 0 Å². The molecule has 0 amide bonds. The molecule has 0 N–H and O–H groups in total. The molecule has 1 saturated carbocycles. The van der Waals surface area contributed by atoms with E-state index in [1.54, 1.807) is 54.6 Å². The summed E-state index contributed by atoms with van der Waals surface area (Å²) in [5, 5.41) is 3.69. The molecular weight excluding hydrogens is 885 g/mol. The van der Waals surface area contributed by atoms with Crippen molar-refractivity contribution in [3.8, 4) is 44.8 Å². The molecule has 1 fully saturated rings. The van der Waals surface area contributed by atoms with Gasteiger partial charge >= 0.3 is 0 Å². The van der Waals surface area contributed by atoms with Gasteiger partial charge in [0.05, 0.1) is 5.58 Å². The summed E-state index contributed by atoms with van der Waals surface area (Å²) in [6.07, 6.45) is 5.64. The van der Waals surface area contributed by atoms with Crippen LogP contribution in [-0.2, 0) is 20.1 Å². The Morgan fingerprint density at radius 2 is 1.41 bits per heavy atom. The third-order valence-corrected chi connectivity index (χ3v) is 10.6. The molecule has 0 unspecified atom stereocenters. The molecule has 0 spiro atoms. The molecule has 6 aromatic carbocycles. The van der Waals surface area contributed by atoms with Gasteiger partial charge in [0.2, 0.25) is 0 Å². The van der Waals surface area contributed by atoms with Gasteiger partial charge in [0.15, 0.2) is 0 Å². The maximum absolute atomic E-state index is 8.97. The number of furan rings is 1. The van der Waals surface area contributed by atoms with Gasteiger partial charge in [-0.1, -0.05) is 122 Å². The molecule has 289 valence electrons. The maximum Gasteiger partial charge on any atom is 0.128 e. The molecule has 0 bridgehead atoms. The first-order chi connectivity index (χ1) is 34.2. The summed E-state index contributed by atoms with van der Waals surface area (Å²) in [6, 6.07) is 40.4. The summed E-state index contributed by atoms with van der Waals surface area (Å²) < 4.78 is 135. The van der Waals surface area contributed by atoms with Gasteiger partial charge in [-0.2, -0.15) is 0 Å². The minimum Gasteiger partial charge on any atom is -0.500 e. The average molecular weight is 947 g/mol. The Hall–Kier alpha value is -5.67. The largest absolute Gasteiger partial charge is 0.500 e. The number of aryl methyl sites for hydroxylation is 5. The maximum atomic E-state index is 8.97. The number of hydrogen-bond donors (Lipinski definition) is 0. The van der Waals surface area contributed by atoms with Crippen molar-refractivity contribution < 1.29 is 46.5 Å². The summed E-state index contributed by atoms with van der Waals surface area (Å²) in [7, 11) is 0. The molecule has 10 rings (SSSR count). The first-order valence-corrected chi connectivity index (χ1v) is 18.8. The molecule has 3 nitrogen and oxygen atoms in total. The fourth-order valence-electron chi connectivity index (χ4n) is 7.66. The molecule has 1 aliphatic carbocycles. The SMILES string of the molecule is [2H]C([2H])([2H])c1c[c-]c(-c2ccc(C([2H])([2H])[2H])cn2)cc1.[2H]C([2H])([2H])c1cc(C2([2H])CCCC2)ccc1-c1ccc(-c2cc(-c3[c-]ccc4c3oc3c5ccccc5ccc43)ncc2C([2H])([2H])[2H])c(C([2H])([2H])[2H])c1.[Ir]. The van der Waals surface area contributed by atoms with E-state index in [0.717, 1.165) is 34.4 Å². The summed E-state index contributed by atoms with van der Waals surface area (Å²) in [4.78, 5) is 8.63. The van der Waals surface area contributed by atoms with Crippen LogP contribution in [0.3, 0.4) is 0 Å². The van der Waals surface area contributed by atoms with E-state index < -0.39 is 40.2 Å². The molecule has 1 radical (unpaired) electrons. The minimum atomic E-state index is -2.71. The van der Waals surface area contributed by atoms with Crippen molar-refractivity contribution in [2.24, 2.45) is 0 Å². The molecule has 0 atom stereocenters. The second-order valence-electron chi connectivity index (χ2n) is 14.2. The van der Waals surface area contributed by atoms with Crippen LogP contribution in [0, 0.1) is 46.4 Å². The molecule has 0 aliphatic heterocycles. The second-order valence-corrected chi connectivity index (χ2v) is 14.2. The summed E-state index contributed by atoms with van der Waals surface area (Å²) >= 11 is 0. The van der Waals surface area contributed by atoms with Crippen molar-refractivity contribution in [2.75, 3.05) is 0 Å². The zero-order valence-corrected chi connectivity index (χ0v) is 33.6. The van der Waals surface area contributed by atoms with Crippen LogP contribution < -0.4 is 0 Å². The topological polar surface area (TPSA) is 38.9 Å². The normalized spacial score (nSPS) is 18.5. The molecule has 4 heteroatoms. The number of benzene rings is 6. The quantitative estimate of drug-likeness (QED) is 0.161. The number of hydrogen-bond acceptors (Lipinski definition) is 3. The van der Waals surface area contributed by atoms with Gasteiger partial charge < -0.3 is 14.4 Å². The van der Waals surface area contributed by atoms with E-state index in [9.17, 15) is 0 Å². The van der Waals surface area contributed by atoms with Crippen molar-refractivity contribution in [2.45, 2.75) is 65.8 Å². The molecule has 1 aliphatic rings. The molecular formula is C54H46IrN2O-2. The number of aromatic nitrogens is 2. The standard InChI is InChI=1S/C41H34NO.C13H12N.Ir/c1-25-21-30(28-9-4-5-10-28)16-18-32(25)31-17-19-33(26(2)22-31)38-23-39(42-24-27(38)3)37-14-8-13-35-36-20-15-29-11-6-7-12-34(29)40(36)43-41(35)37;1-10-3-6-12(7-4-10)13-8-5-11(2)9-14-13;/h6-8,11-13,15-24,28H,4-5,9-10H2,1-3H3;3-6,8-9H,1-2H3;/q2*-1;/i1D3,2D3,3D3,28D;1D3,2D3;. The first kappa shape index (κ1) is 24.3. The van der Waals surface area contributed by atoms with Gasteiger partial charge in [-0.25, -0.2) is 0 Å². The van der Waals surface area contributed by atoms with Gasteiger partial charge in [-0.05, 0) is 113 Å². The van der Waals surface area contributed by atoms with E-state index in [2.05, 4.69) is 22.1 Å². The molecule has 3 heterocycles. The molecule has 9 aromatic rings. The number of fused-ring (bicyclic) bond motifs is 5. The zero-order chi connectivity index (χ0) is 52.5. The van der Waals surface area contributed by atoms with Gasteiger partial charge in [0, 0.05) is 65.2 Å². The molecule has 0 saturated heterocycles. The zero-order valence-electron chi connectivity index (χ0n) is 47.2. The fraction of sp³-hybridized carbons (Fsp3) is 0.185. The van der Waals surface area contributed by atoms with Crippen LogP contribution in [0.5, 0.6) is 0 Å². The predicted octanol–water partition coefficient (Wildman–Crippen LogP) is 14.7. The Labute approximate surface area is 378 Å². The Balaban J connectivity index is 0.000000292. The molecule has 3 aromatic heterocycles. The van der Waals surface area contributed by atoms with E-state index in [-0.39, 0.29) is 59.0 Å². The first-order valence-electron chi connectivity index (χ1n) is 26.8. The Bertz CT molecular complexity index is 3460. The van der Waals surface area contributed by atoms with Crippen LogP contribution in [0.25, 0.3) is 77.5 Å². The van der Waals surface area contributed by atoms with Crippen molar-refractivity contribution in [1.82, 2.24) is 9.97 Å². The summed E-state index contributed by atoms with van der Waals surface area (Å²) in [5.74, 6) is -0.866. The Morgan fingerprint density at radius 3 is 2.21 bits per heavy atom. The summed E-state index contributed by atoms with van der Waals surface area (Å²) in [6.45, 7) is -12.2. The predicted molar refractivity (Wildman–Crippen MR) is 238 cm³/mol. The van der Waals surface area contributed by atoms with Gasteiger partial charge in [0.25, 0.3) is 0 Å². The van der Waals surface area contributed by atoms with Crippen LogP contribution in [0.15, 0.2) is 138 Å². The Morgan fingerprint density at radius 1 is 0.621 bits per heavy atom. The van der Waals surface area contributed by atoms with E-state index in [0.29, 0.717) is 63.2 Å². The van der Waals surface area contributed by atoms with Crippen molar-refractivity contribution in [3.05, 3.63) is 179 Å². The van der Waals surface area contributed by atoms with Crippen molar-refractivity contribution in [1.29, 1.82) is 0 Å². The second kappa shape index (κ2) is 16.7. The monoisotopic (exact) mass is 947 g/mol. The third kappa shape index (κ3) is 7.67. The van der Waals surface area contributed by atoms with E-state index in [4.69, 9.17) is 26.3 Å². The van der Waals surface area contributed by atoms with Crippen LogP contribution in [0.1, 0.15) is 86.9 Å².